The molecule has 3 amide bonds. The molecule has 1 unspecified atom stereocenters. The second-order valence-corrected chi connectivity index (χ2v) is 9.31. The number of halogens is 1. The zero-order valence-corrected chi connectivity index (χ0v) is 21.5. The van der Waals surface area contributed by atoms with E-state index in [0.29, 0.717) is 56.0 Å². The van der Waals surface area contributed by atoms with Crippen LogP contribution in [0, 0.1) is 12.7 Å². The molecule has 2 aliphatic heterocycles. The minimum absolute atomic E-state index is 0.207. The fourth-order valence-corrected chi connectivity index (χ4v) is 4.89. The molecular formula is C28H33FN4O4. The number of benzene rings is 2. The third kappa shape index (κ3) is 5.83. The minimum Gasteiger partial charge on any atom is -0.463 e. The lowest BCUT2D eigenvalue weighted by Gasteiger charge is -2.37. The van der Waals surface area contributed by atoms with E-state index in [1.165, 1.54) is 23.1 Å². The summed E-state index contributed by atoms with van der Waals surface area (Å²) in [5.74, 6) is -1.11. The third-order valence-corrected chi connectivity index (χ3v) is 6.89. The average molecular weight is 509 g/mol. The van der Waals surface area contributed by atoms with Crippen molar-refractivity contribution in [3.63, 3.8) is 0 Å². The van der Waals surface area contributed by atoms with Crippen LogP contribution in [0.3, 0.4) is 0 Å². The Kier molecular flexibility index (Phi) is 8.23. The standard InChI is InChI=1S/C28H33FN4O4/c1-4-37-27(35)24-23(31(3)28(36)30-25(24)22-12-6-5-9-19(22)2)18-32-13-8-14-33(16-15-32)26(34)20-10-7-11-21(29)17-20/h5-7,9-12,17,25H,4,8,13-16,18H2,1-3H3,(H,30,36). The molecule has 2 heterocycles. The summed E-state index contributed by atoms with van der Waals surface area (Å²) in [6.45, 7) is 6.48. The SMILES string of the molecule is CCOC(=O)C1=C(CN2CCCN(C(=O)c3cccc(F)c3)CC2)N(C)C(=O)NC1c1ccccc1C. The summed E-state index contributed by atoms with van der Waals surface area (Å²) in [6.07, 6.45) is 0.709. The van der Waals surface area contributed by atoms with Gasteiger partial charge >= 0.3 is 12.0 Å². The maximum absolute atomic E-state index is 13.6. The Morgan fingerprint density at radius 1 is 1.08 bits per heavy atom. The molecule has 4 rings (SSSR count). The zero-order chi connectivity index (χ0) is 26.5. The molecule has 9 heteroatoms. The zero-order valence-electron chi connectivity index (χ0n) is 21.5. The van der Waals surface area contributed by atoms with Gasteiger partial charge in [0.1, 0.15) is 5.82 Å². The van der Waals surface area contributed by atoms with Crippen molar-refractivity contribution in [2.75, 3.05) is 46.4 Å². The summed E-state index contributed by atoms with van der Waals surface area (Å²) < 4.78 is 19.1. The van der Waals surface area contributed by atoms with Crippen molar-refractivity contribution in [1.29, 1.82) is 0 Å². The summed E-state index contributed by atoms with van der Waals surface area (Å²) in [4.78, 5) is 44.5. The number of hydrogen-bond donors (Lipinski definition) is 1. The molecular weight excluding hydrogens is 475 g/mol. The molecule has 37 heavy (non-hydrogen) atoms. The Balaban J connectivity index is 1.60. The van der Waals surface area contributed by atoms with E-state index < -0.39 is 17.8 Å². The van der Waals surface area contributed by atoms with Crippen LogP contribution >= 0.6 is 0 Å². The van der Waals surface area contributed by atoms with Crippen molar-refractivity contribution < 1.29 is 23.5 Å². The van der Waals surface area contributed by atoms with Gasteiger partial charge in [-0.05, 0) is 49.6 Å². The maximum atomic E-state index is 13.6. The number of ether oxygens (including phenoxy) is 1. The highest BCUT2D eigenvalue weighted by Crippen LogP contribution is 2.33. The molecule has 8 nitrogen and oxygen atoms in total. The number of likely N-dealkylation sites (N-methyl/N-ethyl adjacent to an activating group) is 1. The van der Waals surface area contributed by atoms with Crippen LogP contribution in [0.25, 0.3) is 0 Å². The van der Waals surface area contributed by atoms with E-state index >= 15 is 0 Å². The number of hydrogen-bond acceptors (Lipinski definition) is 5. The van der Waals surface area contributed by atoms with Crippen LogP contribution in [0.1, 0.15) is 40.9 Å². The van der Waals surface area contributed by atoms with Gasteiger partial charge in [-0.2, -0.15) is 0 Å². The van der Waals surface area contributed by atoms with Crippen molar-refractivity contribution in [2.45, 2.75) is 26.3 Å². The lowest BCUT2D eigenvalue weighted by Crippen LogP contribution is -2.49. The van der Waals surface area contributed by atoms with Gasteiger partial charge in [-0.1, -0.05) is 30.3 Å². The molecule has 1 N–H and O–H groups in total. The maximum Gasteiger partial charge on any atom is 0.338 e. The topological polar surface area (TPSA) is 82.2 Å². The Morgan fingerprint density at radius 2 is 1.86 bits per heavy atom. The van der Waals surface area contributed by atoms with E-state index in [4.69, 9.17) is 4.74 Å². The van der Waals surface area contributed by atoms with Crippen LogP contribution in [0.4, 0.5) is 9.18 Å². The van der Waals surface area contributed by atoms with Crippen LogP contribution in [0.2, 0.25) is 0 Å². The molecule has 2 aliphatic rings. The van der Waals surface area contributed by atoms with E-state index in [0.717, 1.165) is 11.1 Å². The van der Waals surface area contributed by atoms with Crippen LogP contribution in [0.15, 0.2) is 59.8 Å². The van der Waals surface area contributed by atoms with Crippen LogP contribution in [0.5, 0.6) is 0 Å². The Hall–Kier alpha value is -3.72. The average Bonchev–Trinajstić information content (AvgIpc) is 3.12. The Bertz CT molecular complexity index is 1210. The van der Waals surface area contributed by atoms with Gasteiger partial charge in [-0.25, -0.2) is 14.0 Å². The number of urea groups is 1. The molecule has 2 aromatic carbocycles. The molecule has 0 aromatic heterocycles. The number of nitrogens with one attached hydrogen (secondary N) is 1. The predicted octanol–water partition coefficient (Wildman–Crippen LogP) is 3.50. The predicted molar refractivity (Wildman–Crippen MR) is 137 cm³/mol. The minimum atomic E-state index is -0.628. The summed E-state index contributed by atoms with van der Waals surface area (Å²) >= 11 is 0. The normalized spacial score (nSPS) is 18.9. The van der Waals surface area contributed by atoms with Crippen molar-refractivity contribution >= 4 is 17.9 Å². The third-order valence-electron chi connectivity index (χ3n) is 6.89. The van der Waals surface area contributed by atoms with Crippen molar-refractivity contribution in [2.24, 2.45) is 0 Å². The van der Waals surface area contributed by atoms with Gasteiger partial charge in [0.15, 0.2) is 0 Å². The molecule has 1 saturated heterocycles. The number of carbonyl (C=O) groups is 3. The summed E-state index contributed by atoms with van der Waals surface area (Å²) in [7, 11) is 1.65. The number of carbonyl (C=O) groups excluding carboxylic acids is 3. The molecule has 0 spiro atoms. The van der Waals surface area contributed by atoms with Crippen LogP contribution in [-0.4, -0.2) is 79.0 Å². The highest BCUT2D eigenvalue weighted by atomic mass is 19.1. The second kappa shape index (κ2) is 11.6. The van der Waals surface area contributed by atoms with Crippen LogP contribution in [-0.2, 0) is 9.53 Å². The smallest absolute Gasteiger partial charge is 0.338 e. The van der Waals surface area contributed by atoms with E-state index in [-0.39, 0.29) is 18.5 Å². The fraction of sp³-hybridized carbons (Fsp3) is 0.393. The van der Waals surface area contributed by atoms with E-state index in [2.05, 4.69) is 10.2 Å². The molecule has 0 saturated carbocycles. The first-order chi connectivity index (χ1) is 17.8. The van der Waals surface area contributed by atoms with Gasteiger partial charge in [0, 0.05) is 51.0 Å². The molecule has 0 bridgehead atoms. The van der Waals surface area contributed by atoms with Crippen LogP contribution < -0.4 is 5.32 Å². The van der Waals surface area contributed by atoms with Crippen molar-refractivity contribution in [3.05, 3.63) is 82.3 Å². The molecule has 196 valence electrons. The van der Waals surface area contributed by atoms with E-state index in [1.54, 1.807) is 24.9 Å². The Labute approximate surface area is 216 Å². The monoisotopic (exact) mass is 508 g/mol. The number of esters is 1. The van der Waals surface area contributed by atoms with E-state index in [9.17, 15) is 18.8 Å². The lowest BCUT2D eigenvalue weighted by atomic mass is 9.91. The summed E-state index contributed by atoms with van der Waals surface area (Å²) in [5, 5.41) is 2.96. The second-order valence-electron chi connectivity index (χ2n) is 9.31. The fourth-order valence-electron chi connectivity index (χ4n) is 4.89. The number of nitrogens with zero attached hydrogens (tertiary/aromatic N) is 3. The highest BCUT2D eigenvalue weighted by Gasteiger charge is 2.38. The van der Waals surface area contributed by atoms with Gasteiger partial charge in [0.05, 0.1) is 18.2 Å². The highest BCUT2D eigenvalue weighted by molar-refractivity contribution is 5.95. The number of aryl methyl sites for hydroxylation is 1. The molecule has 2 aromatic rings. The summed E-state index contributed by atoms with van der Waals surface area (Å²) in [6, 6.07) is 12.4. The first kappa shape index (κ1) is 26.3. The van der Waals surface area contributed by atoms with E-state index in [1.807, 2.05) is 31.2 Å². The molecule has 1 atom stereocenters. The molecule has 0 radical (unpaired) electrons. The first-order valence-corrected chi connectivity index (χ1v) is 12.6. The summed E-state index contributed by atoms with van der Waals surface area (Å²) in [5.41, 5.74) is 3.12. The largest absolute Gasteiger partial charge is 0.463 e. The van der Waals surface area contributed by atoms with Gasteiger partial charge in [0.25, 0.3) is 5.91 Å². The Morgan fingerprint density at radius 3 is 2.59 bits per heavy atom. The number of amides is 3. The number of rotatable bonds is 6. The van der Waals surface area contributed by atoms with Gasteiger partial charge in [-0.3, -0.25) is 14.6 Å². The van der Waals surface area contributed by atoms with Gasteiger partial charge in [0.2, 0.25) is 0 Å². The first-order valence-electron chi connectivity index (χ1n) is 12.6. The molecule has 0 aliphatic carbocycles. The quantitative estimate of drug-likeness (QED) is 0.604. The van der Waals surface area contributed by atoms with Gasteiger partial charge in [-0.15, -0.1) is 0 Å². The lowest BCUT2D eigenvalue weighted by molar-refractivity contribution is -0.139. The van der Waals surface area contributed by atoms with Gasteiger partial charge < -0.3 is 15.0 Å². The van der Waals surface area contributed by atoms with Crippen molar-refractivity contribution in [1.82, 2.24) is 20.0 Å². The van der Waals surface area contributed by atoms with Crippen molar-refractivity contribution in [3.8, 4) is 0 Å². The molecule has 1 fully saturated rings.